The molecule has 0 aromatic carbocycles. The van der Waals surface area contributed by atoms with Gasteiger partial charge in [0.15, 0.2) is 6.29 Å². The molecular formula is C9H7F11O2. The van der Waals surface area contributed by atoms with Gasteiger partial charge in [0.05, 0.1) is 0 Å². The van der Waals surface area contributed by atoms with Crippen LogP contribution in [0.2, 0.25) is 0 Å². The molecule has 132 valence electrons. The second kappa shape index (κ2) is 5.35. The van der Waals surface area contributed by atoms with Crippen molar-refractivity contribution in [3.63, 3.8) is 0 Å². The van der Waals surface area contributed by atoms with Gasteiger partial charge in [-0.2, -0.15) is 48.3 Å². The Hall–Kier alpha value is -0.850. The van der Waals surface area contributed by atoms with Crippen molar-refractivity contribution in [2.45, 2.75) is 49.2 Å². The molecule has 2 nitrogen and oxygen atoms in total. The van der Waals surface area contributed by atoms with E-state index in [1.165, 1.54) is 0 Å². The molecule has 1 aliphatic heterocycles. The number of hydrogen-bond acceptors (Lipinski definition) is 2. The van der Waals surface area contributed by atoms with Crippen LogP contribution in [-0.2, 0) is 9.47 Å². The summed E-state index contributed by atoms with van der Waals surface area (Å²) in [7, 11) is 0. The van der Waals surface area contributed by atoms with E-state index in [4.69, 9.17) is 0 Å². The zero-order valence-electron chi connectivity index (χ0n) is 10.2. The molecule has 0 amide bonds. The quantitative estimate of drug-likeness (QED) is 0.688. The summed E-state index contributed by atoms with van der Waals surface area (Å²) in [6.45, 7) is -0.262. The highest BCUT2D eigenvalue weighted by molar-refractivity contribution is 5.03. The highest BCUT2D eigenvalue weighted by Crippen LogP contribution is 2.57. The molecule has 0 spiro atoms. The summed E-state index contributed by atoms with van der Waals surface area (Å²) in [6, 6.07) is 0. The first-order valence-electron chi connectivity index (χ1n) is 5.45. The summed E-state index contributed by atoms with van der Waals surface area (Å²) < 4.78 is 145. The highest BCUT2D eigenvalue weighted by atomic mass is 19.4. The zero-order chi connectivity index (χ0) is 17.6. The van der Waals surface area contributed by atoms with Crippen LogP contribution >= 0.6 is 0 Å². The van der Waals surface area contributed by atoms with Gasteiger partial charge in [0.25, 0.3) is 0 Å². The van der Waals surface area contributed by atoms with Gasteiger partial charge in [-0.15, -0.1) is 0 Å². The molecule has 0 aromatic heterocycles. The molecule has 0 saturated carbocycles. The number of hydrogen-bond donors (Lipinski definition) is 0. The molecule has 0 N–H and O–H groups in total. The molecule has 0 bridgehead atoms. The molecule has 0 aromatic rings. The first-order valence-corrected chi connectivity index (χ1v) is 5.45. The lowest BCUT2D eigenvalue weighted by Crippen LogP contribution is -2.67. The third-order valence-corrected chi connectivity index (χ3v) is 2.68. The Kier molecular flexibility index (Phi) is 4.67. The number of halogens is 11. The fraction of sp³-hybridized carbons (Fsp3) is 1.00. The molecular weight excluding hydrogens is 349 g/mol. The van der Waals surface area contributed by atoms with E-state index in [0.29, 0.717) is 0 Å². The van der Waals surface area contributed by atoms with Gasteiger partial charge in [-0.05, 0) is 6.42 Å². The molecule has 22 heavy (non-hydrogen) atoms. The SMILES string of the molecule is FC(F)(F)C(F)(F)C(F)(F)C(F)(F)C(F)(F)OC1CCCO1. The minimum Gasteiger partial charge on any atom is -0.352 e. The lowest BCUT2D eigenvalue weighted by Gasteiger charge is -2.37. The van der Waals surface area contributed by atoms with Gasteiger partial charge in [0.2, 0.25) is 0 Å². The number of alkyl halides is 11. The van der Waals surface area contributed by atoms with Gasteiger partial charge >= 0.3 is 30.1 Å². The molecule has 1 aliphatic rings. The zero-order valence-corrected chi connectivity index (χ0v) is 10.2. The first kappa shape index (κ1) is 19.2. The van der Waals surface area contributed by atoms with Gasteiger partial charge in [0, 0.05) is 13.0 Å². The highest BCUT2D eigenvalue weighted by Gasteiger charge is 2.88. The molecule has 13 heteroatoms. The third-order valence-electron chi connectivity index (χ3n) is 2.68. The van der Waals surface area contributed by atoms with Crippen LogP contribution in [0.1, 0.15) is 12.8 Å². The van der Waals surface area contributed by atoms with Crippen LogP contribution in [0.25, 0.3) is 0 Å². The Labute approximate surface area is 115 Å². The summed E-state index contributed by atoms with van der Waals surface area (Å²) in [4.78, 5) is 0. The minimum atomic E-state index is -7.46. The lowest BCUT2D eigenvalue weighted by molar-refractivity contribution is -0.468. The summed E-state index contributed by atoms with van der Waals surface area (Å²) in [6.07, 6.45) is -16.1. The molecule has 1 rings (SSSR count). The molecule has 0 aliphatic carbocycles. The van der Waals surface area contributed by atoms with Crippen molar-refractivity contribution in [1.82, 2.24) is 0 Å². The second-order valence-corrected chi connectivity index (χ2v) is 4.30. The lowest BCUT2D eigenvalue weighted by atomic mass is 10.0. The van der Waals surface area contributed by atoms with E-state index < -0.39 is 42.8 Å². The van der Waals surface area contributed by atoms with Crippen molar-refractivity contribution in [1.29, 1.82) is 0 Å². The molecule has 1 atom stereocenters. The maximum absolute atomic E-state index is 13.0. The number of ether oxygens (including phenoxy) is 2. The predicted molar refractivity (Wildman–Crippen MR) is 45.9 cm³/mol. The molecule has 1 fully saturated rings. The van der Waals surface area contributed by atoms with Crippen LogP contribution in [-0.4, -0.2) is 42.9 Å². The van der Waals surface area contributed by atoms with E-state index in [2.05, 4.69) is 9.47 Å². The fourth-order valence-electron chi connectivity index (χ4n) is 1.44. The molecule has 0 radical (unpaired) electrons. The molecule has 1 saturated heterocycles. The standard InChI is InChI=1S/C9H7F11O2/c10-5(11,6(12,13)8(16,17)18)7(14,15)9(19,20)22-4-2-1-3-21-4/h4H,1-3H2. The topological polar surface area (TPSA) is 18.5 Å². The second-order valence-electron chi connectivity index (χ2n) is 4.30. The number of rotatable bonds is 5. The minimum absolute atomic E-state index is 0.0153. The van der Waals surface area contributed by atoms with Gasteiger partial charge in [-0.3, -0.25) is 4.74 Å². The predicted octanol–water partition coefficient (Wildman–Crippen LogP) is 4.20. The summed E-state index contributed by atoms with van der Waals surface area (Å²) >= 11 is 0. The van der Waals surface area contributed by atoms with Crippen LogP contribution in [0, 0.1) is 0 Å². The summed E-state index contributed by atoms with van der Waals surface area (Å²) in [5.74, 6) is -22.0. The van der Waals surface area contributed by atoms with E-state index in [-0.39, 0.29) is 13.0 Å². The van der Waals surface area contributed by atoms with Gasteiger partial charge < -0.3 is 4.74 Å². The van der Waals surface area contributed by atoms with Crippen molar-refractivity contribution >= 4 is 0 Å². The van der Waals surface area contributed by atoms with Crippen molar-refractivity contribution in [3.05, 3.63) is 0 Å². The van der Waals surface area contributed by atoms with E-state index in [9.17, 15) is 48.3 Å². The Morgan fingerprint density at radius 3 is 1.59 bits per heavy atom. The summed E-state index contributed by atoms with van der Waals surface area (Å²) in [5, 5.41) is 0. The van der Waals surface area contributed by atoms with Crippen LogP contribution in [0.5, 0.6) is 0 Å². The maximum Gasteiger partial charge on any atom is 0.460 e. The average Bonchev–Trinajstić information content (AvgIpc) is 2.78. The van der Waals surface area contributed by atoms with Crippen molar-refractivity contribution in [2.24, 2.45) is 0 Å². The van der Waals surface area contributed by atoms with E-state index in [1.807, 2.05) is 0 Å². The van der Waals surface area contributed by atoms with E-state index >= 15 is 0 Å². The van der Waals surface area contributed by atoms with Crippen LogP contribution < -0.4 is 0 Å². The molecule has 1 unspecified atom stereocenters. The monoisotopic (exact) mass is 356 g/mol. The van der Waals surface area contributed by atoms with Crippen LogP contribution in [0.4, 0.5) is 48.3 Å². The normalized spacial score (nSPS) is 22.2. The third kappa shape index (κ3) is 2.84. The smallest absolute Gasteiger partial charge is 0.352 e. The van der Waals surface area contributed by atoms with Crippen molar-refractivity contribution in [2.75, 3.05) is 6.61 Å². The van der Waals surface area contributed by atoms with Crippen LogP contribution in [0.3, 0.4) is 0 Å². The van der Waals surface area contributed by atoms with Gasteiger partial charge in [0.1, 0.15) is 0 Å². The van der Waals surface area contributed by atoms with Crippen LogP contribution in [0.15, 0.2) is 0 Å². The van der Waals surface area contributed by atoms with E-state index in [1.54, 1.807) is 0 Å². The Bertz CT molecular complexity index is 397. The van der Waals surface area contributed by atoms with E-state index in [0.717, 1.165) is 0 Å². The Morgan fingerprint density at radius 2 is 1.23 bits per heavy atom. The Morgan fingerprint density at radius 1 is 0.727 bits per heavy atom. The average molecular weight is 356 g/mol. The van der Waals surface area contributed by atoms with Gasteiger partial charge in [-0.25, -0.2) is 0 Å². The maximum atomic E-state index is 13.0. The van der Waals surface area contributed by atoms with Gasteiger partial charge in [-0.1, -0.05) is 0 Å². The molecule has 1 heterocycles. The largest absolute Gasteiger partial charge is 0.460 e. The first-order chi connectivity index (χ1) is 9.58. The van der Waals surface area contributed by atoms with Crippen molar-refractivity contribution in [3.8, 4) is 0 Å². The Balaban J connectivity index is 3.13. The van der Waals surface area contributed by atoms with Crippen molar-refractivity contribution < 1.29 is 57.8 Å². The fourth-order valence-corrected chi connectivity index (χ4v) is 1.44. The summed E-state index contributed by atoms with van der Waals surface area (Å²) in [5.41, 5.74) is 0.